The molecule has 2 aromatic heterocycles. The van der Waals surface area contributed by atoms with E-state index in [-0.39, 0.29) is 12.2 Å². The molecule has 3 heterocycles. The second kappa shape index (κ2) is 9.39. The molecule has 2 aromatic carbocycles. The molecule has 1 atom stereocenters. The number of fused-ring (bicyclic) bond motifs is 2. The first kappa shape index (κ1) is 24.0. The Kier molecular flexibility index (Phi) is 6.26. The van der Waals surface area contributed by atoms with Gasteiger partial charge in [-0.25, -0.2) is 9.79 Å². The number of allylic oxidation sites excluding steroid dienone is 1. The van der Waals surface area contributed by atoms with Gasteiger partial charge in [-0.05, 0) is 43.0 Å². The fourth-order valence-corrected chi connectivity index (χ4v) is 5.84. The summed E-state index contributed by atoms with van der Waals surface area (Å²) in [4.78, 5) is 32.2. The maximum Gasteiger partial charge on any atom is 0.338 e. The van der Waals surface area contributed by atoms with Crippen molar-refractivity contribution in [3.05, 3.63) is 102 Å². The van der Waals surface area contributed by atoms with Crippen LogP contribution in [0, 0.1) is 0 Å². The summed E-state index contributed by atoms with van der Waals surface area (Å²) in [6.45, 7) is 8.11. The first-order valence-corrected chi connectivity index (χ1v) is 13.0. The smallest absolute Gasteiger partial charge is 0.338 e. The fourth-order valence-electron chi connectivity index (χ4n) is 4.80. The van der Waals surface area contributed by atoms with E-state index >= 15 is 0 Å². The average Bonchev–Trinajstić information content (AvgIpc) is 3.34. The van der Waals surface area contributed by atoms with Gasteiger partial charge in [-0.2, -0.15) is 0 Å². The number of benzene rings is 2. The van der Waals surface area contributed by atoms with E-state index in [4.69, 9.17) is 4.74 Å². The van der Waals surface area contributed by atoms with Gasteiger partial charge in [0.1, 0.15) is 0 Å². The van der Waals surface area contributed by atoms with E-state index in [0.717, 1.165) is 22.0 Å². The number of carbonyl (C=O) groups excluding carboxylic acids is 1. The van der Waals surface area contributed by atoms with Gasteiger partial charge in [0.2, 0.25) is 0 Å². The SMILES string of the molecule is CCOC(=O)C1=C(C)N=c2s/c(=C\c3cn(C)c4ccccc34)c(=O)n2[C@H]1c1ccc(C(C)C)cc1. The first-order chi connectivity index (χ1) is 17.3. The molecule has 0 unspecified atom stereocenters. The predicted molar refractivity (Wildman–Crippen MR) is 144 cm³/mol. The number of rotatable bonds is 5. The quantitative estimate of drug-likeness (QED) is 0.382. The van der Waals surface area contributed by atoms with E-state index < -0.39 is 12.0 Å². The van der Waals surface area contributed by atoms with Gasteiger partial charge in [-0.3, -0.25) is 9.36 Å². The third kappa shape index (κ3) is 4.03. The molecule has 0 aliphatic carbocycles. The van der Waals surface area contributed by atoms with Crippen molar-refractivity contribution in [1.82, 2.24) is 9.13 Å². The number of aromatic nitrogens is 2. The summed E-state index contributed by atoms with van der Waals surface area (Å²) in [6, 6.07) is 15.6. The predicted octanol–water partition coefficient (Wildman–Crippen LogP) is 4.41. The number of thiazole rings is 1. The zero-order valence-corrected chi connectivity index (χ0v) is 21.9. The van der Waals surface area contributed by atoms with Gasteiger partial charge >= 0.3 is 5.97 Å². The van der Waals surface area contributed by atoms with Gasteiger partial charge in [0, 0.05) is 29.7 Å². The van der Waals surface area contributed by atoms with Crippen LogP contribution in [0.3, 0.4) is 0 Å². The van der Waals surface area contributed by atoms with E-state index in [2.05, 4.69) is 47.7 Å². The van der Waals surface area contributed by atoms with E-state index in [1.807, 2.05) is 50.5 Å². The molecule has 0 fully saturated rings. The molecule has 7 heteroatoms. The van der Waals surface area contributed by atoms with Crippen molar-refractivity contribution in [2.45, 2.75) is 39.7 Å². The highest BCUT2D eigenvalue weighted by Crippen LogP contribution is 2.31. The zero-order valence-electron chi connectivity index (χ0n) is 21.1. The van der Waals surface area contributed by atoms with Gasteiger partial charge in [-0.15, -0.1) is 0 Å². The Labute approximate surface area is 213 Å². The highest BCUT2D eigenvalue weighted by Gasteiger charge is 2.33. The molecule has 0 amide bonds. The molecule has 0 bridgehead atoms. The molecule has 0 saturated carbocycles. The Morgan fingerprint density at radius 2 is 1.89 bits per heavy atom. The Morgan fingerprint density at radius 3 is 2.58 bits per heavy atom. The van der Waals surface area contributed by atoms with Crippen LogP contribution in [-0.2, 0) is 16.6 Å². The van der Waals surface area contributed by atoms with Crippen LogP contribution in [0.2, 0.25) is 0 Å². The Hall–Kier alpha value is -3.71. The van der Waals surface area contributed by atoms with Crippen LogP contribution in [-0.4, -0.2) is 21.7 Å². The Bertz CT molecular complexity index is 1680. The van der Waals surface area contributed by atoms with Crippen LogP contribution < -0.4 is 14.9 Å². The Morgan fingerprint density at radius 1 is 1.17 bits per heavy atom. The lowest BCUT2D eigenvalue weighted by molar-refractivity contribution is -0.139. The van der Waals surface area contributed by atoms with Crippen molar-refractivity contribution < 1.29 is 9.53 Å². The molecule has 4 aromatic rings. The maximum absolute atomic E-state index is 13.9. The van der Waals surface area contributed by atoms with Gasteiger partial charge in [0.25, 0.3) is 5.56 Å². The highest BCUT2D eigenvalue weighted by molar-refractivity contribution is 7.07. The molecule has 184 valence electrons. The monoisotopic (exact) mass is 499 g/mol. The summed E-state index contributed by atoms with van der Waals surface area (Å²) in [5.74, 6) is -0.0661. The van der Waals surface area contributed by atoms with Crippen LogP contribution >= 0.6 is 11.3 Å². The van der Waals surface area contributed by atoms with Crippen LogP contribution in [0.4, 0.5) is 0 Å². The van der Waals surface area contributed by atoms with E-state index in [0.29, 0.717) is 26.5 Å². The lowest BCUT2D eigenvalue weighted by atomic mass is 9.93. The Balaban J connectivity index is 1.73. The molecule has 1 aliphatic heterocycles. The molecular weight excluding hydrogens is 470 g/mol. The van der Waals surface area contributed by atoms with Crippen LogP contribution in [0.1, 0.15) is 56.3 Å². The minimum Gasteiger partial charge on any atom is -0.463 e. The third-order valence-electron chi connectivity index (χ3n) is 6.65. The van der Waals surface area contributed by atoms with Crippen molar-refractivity contribution in [2.75, 3.05) is 6.61 Å². The number of esters is 1. The number of aryl methyl sites for hydroxylation is 1. The standard InChI is InChI=1S/C29H29N3O3S/c1-6-35-28(34)25-18(4)30-29-32(26(25)20-13-11-19(12-14-20)17(2)3)27(33)24(36-29)15-21-16-31(5)23-10-8-7-9-22(21)23/h7-17,26H,6H2,1-5H3/b24-15-/t26-/m0/s1. The number of hydrogen-bond acceptors (Lipinski definition) is 5. The summed E-state index contributed by atoms with van der Waals surface area (Å²) < 4.78 is 9.67. The van der Waals surface area contributed by atoms with Gasteiger partial charge in [-0.1, -0.05) is 67.6 Å². The van der Waals surface area contributed by atoms with Crippen molar-refractivity contribution in [3.63, 3.8) is 0 Å². The molecule has 0 saturated heterocycles. The summed E-state index contributed by atoms with van der Waals surface area (Å²) in [6.07, 6.45) is 3.95. The molecule has 0 spiro atoms. The lowest BCUT2D eigenvalue weighted by Gasteiger charge is -2.25. The fraction of sp³-hybridized carbons (Fsp3) is 0.276. The molecular formula is C29H29N3O3S. The normalized spacial score (nSPS) is 15.9. The van der Waals surface area contributed by atoms with Crippen LogP contribution in [0.15, 0.2) is 75.8 Å². The minimum atomic E-state index is -0.601. The summed E-state index contributed by atoms with van der Waals surface area (Å²) in [5, 5.41) is 1.08. The summed E-state index contributed by atoms with van der Waals surface area (Å²) >= 11 is 1.34. The molecule has 0 N–H and O–H groups in total. The second-order valence-corrected chi connectivity index (χ2v) is 10.3. The number of para-hydroxylation sites is 1. The average molecular weight is 500 g/mol. The molecule has 36 heavy (non-hydrogen) atoms. The first-order valence-electron chi connectivity index (χ1n) is 12.1. The number of hydrogen-bond donors (Lipinski definition) is 0. The van der Waals surface area contributed by atoms with E-state index in [1.165, 1.54) is 16.9 Å². The van der Waals surface area contributed by atoms with Crippen molar-refractivity contribution >= 4 is 34.3 Å². The second-order valence-electron chi connectivity index (χ2n) is 9.34. The van der Waals surface area contributed by atoms with E-state index in [1.54, 1.807) is 11.5 Å². The molecule has 1 aliphatic rings. The van der Waals surface area contributed by atoms with Crippen molar-refractivity contribution in [3.8, 4) is 0 Å². The van der Waals surface area contributed by atoms with Gasteiger partial charge in [0.15, 0.2) is 4.80 Å². The maximum atomic E-state index is 13.9. The minimum absolute atomic E-state index is 0.168. The van der Waals surface area contributed by atoms with Gasteiger partial charge in [0.05, 0.1) is 28.5 Å². The topological polar surface area (TPSA) is 65.6 Å². The van der Waals surface area contributed by atoms with Gasteiger partial charge < -0.3 is 9.30 Å². The zero-order chi connectivity index (χ0) is 25.6. The largest absolute Gasteiger partial charge is 0.463 e. The van der Waals surface area contributed by atoms with E-state index in [9.17, 15) is 9.59 Å². The molecule has 6 nitrogen and oxygen atoms in total. The highest BCUT2D eigenvalue weighted by atomic mass is 32.1. The number of ether oxygens (including phenoxy) is 1. The third-order valence-corrected chi connectivity index (χ3v) is 7.63. The van der Waals surface area contributed by atoms with Crippen LogP contribution in [0.5, 0.6) is 0 Å². The van der Waals surface area contributed by atoms with Crippen LogP contribution in [0.25, 0.3) is 17.0 Å². The van der Waals surface area contributed by atoms with Crippen molar-refractivity contribution in [2.24, 2.45) is 12.0 Å². The molecule has 0 radical (unpaired) electrons. The van der Waals surface area contributed by atoms with Crippen molar-refractivity contribution in [1.29, 1.82) is 0 Å². The summed E-state index contributed by atoms with van der Waals surface area (Å²) in [7, 11) is 2.00. The molecule has 5 rings (SSSR count). The number of carbonyl (C=O) groups is 1. The lowest BCUT2D eigenvalue weighted by Crippen LogP contribution is -2.39. The summed E-state index contributed by atoms with van der Waals surface area (Å²) in [5.41, 5.74) is 4.93. The number of nitrogens with zero attached hydrogens (tertiary/aromatic N) is 3.